The van der Waals surface area contributed by atoms with Gasteiger partial charge >= 0.3 is 6.18 Å². The van der Waals surface area contributed by atoms with Crippen LogP contribution in [-0.2, 0) is 12.6 Å². The zero-order valence-corrected chi connectivity index (χ0v) is 10.4. The maximum absolute atomic E-state index is 12.6. The smallest absolute Gasteiger partial charge is 0.416 e. The third kappa shape index (κ3) is 3.55. The summed E-state index contributed by atoms with van der Waals surface area (Å²) < 4.78 is 43.2. The molecule has 1 nitrogen and oxygen atoms in total. The van der Waals surface area contributed by atoms with Crippen molar-refractivity contribution in [3.63, 3.8) is 0 Å². The van der Waals surface area contributed by atoms with Gasteiger partial charge in [0, 0.05) is 6.42 Å². The van der Waals surface area contributed by atoms with Crippen LogP contribution >= 0.6 is 0 Å². The van der Waals surface area contributed by atoms with E-state index >= 15 is 0 Å². The second-order valence-corrected chi connectivity index (χ2v) is 4.16. The highest BCUT2D eigenvalue weighted by atomic mass is 19.4. The summed E-state index contributed by atoms with van der Waals surface area (Å²) in [6, 6.07) is 11.7. The fourth-order valence-electron chi connectivity index (χ4n) is 1.71. The van der Waals surface area contributed by atoms with Gasteiger partial charge in [0.15, 0.2) is 0 Å². The van der Waals surface area contributed by atoms with Crippen molar-refractivity contribution in [2.75, 3.05) is 0 Å². The monoisotopic (exact) mass is 276 g/mol. The van der Waals surface area contributed by atoms with Crippen molar-refractivity contribution in [2.45, 2.75) is 12.6 Å². The molecule has 2 rings (SSSR count). The standard InChI is InChI=1S/C16H11F3O/c1-2-5-12-6-3-8-14(10-12)20-15-9-4-7-13(11-15)16(17,18)19/h1,3-4,6-11H,5H2. The lowest BCUT2D eigenvalue weighted by Gasteiger charge is -2.10. The van der Waals surface area contributed by atoms with Crippen molar-refractivity contribution in [1.82, 2.24) is 0 Å². The number of rotatable bonds is 3. The minimum atomic E-state index is -4.38. The van der Waals surface area contributed by atoms with Crippen LogP contribution < -0.4 is 4.74 Å². The highest BCUT2D eigenvalue weighted by Crippen LogP contribution is 2.32. The molecule has 0 aliphatic rings. The van der Waals surface area contributed by atoms with Crippen molar-refractivity contribution in [3.05, 3.63) is 59.7 Å². The molecule has 102 valence electrons. The Kier molecular flexibility index (Phi) is 3.99. The van der Waals surface area contributed by atoms with Gasteiger partial charge in [-0.3, -0.25) is 0 Å². The number of ether oxygens (including phenoxy) is 1. The van der Waals surface area contributed by atoms with Crippen LogP contribution in [0.25, 0.3) is 0 Å². The van der Waals surface area contributed by atoms with Crippen LogP contribution in [0, 0.1) is 12.3 Å². The summed E-state index contributed by atoms with van der Waals surface area (Å²) in [5.41, 5.74) is 0.131. The Morgan fingerprint density at radius 3 is 2.30 bits per heavy atom. The molecule has 0 unspecified atom stereocenters. The van der Waals surface area contributed by atoms with Gasteiger partial charge in [-0.1, -0.05) is 18.2 Å². The second-order valence-electron chi connectivity index (χ2n) is 4.16. The molecule has 2 aromatic carbocycles. The molecule has 20 heavy (non-hydrogen) atoms. The molecule has 0 radical (unpaired) electrons. The van der Waals surface area contributed by atoms with Gasteiger partial charge in [-0.05, 0) is 35.9 Å². The molecule has 4 heteroatoms. The first-order valence-electron chi connectivity index (χ1n) is 5.86. The summed E-state index contributed by atoms with van der Waals surface area (Å²) in [5.74, 6) is 3.09. The number of terminal acetylenes is 1. The van der Waals surface area contributed by atoms with E-state index in [1.165, 1.54) is 12.1 Å². The first-order valence-corrected chi connectivity index (χ1v) is 5.86. The summed E-state index contributed by atoms with van der Waals surface area (Å²) in [7, 11) is 0. The van der Waals surface area contributed by atoms with Gasteiger partial charge < -0.3 is 4.74 Å². The Bertz CT molecular complexity index is 639. The molecule has 0 atom stereocenters. The maximum atomic E-state index is 12.6. The molecular formula is C16H11F3O. The van der Waals surface area contributed by atoms with Crippen molar-refractivity contribution in [3.8, 4) is 23.8 Å². The number of hydrogen-bond donors (Lipinski definition) is 0. The van der Waals surface area contributed by atoms with E-state index < -0.39 is 11.7 Å². The van der Waals surface area contributed by atoms with Crippen molar-refractivity contribution < 1.29 is 17.9 Å². The van der Waals surface area contributed by atoms with E-state index in [9.17, 15) is 13.2 Å². The van der Waals surface area contributed by atoms with Crippen LogP contribution in [0.2, 0.25) is 0 Å². The van der Waals surface area contributed by atoms with Crippen molar-refractivity contribution in [2.24, 2.45) is 0 Å². The molecule has 0 heterocycles. The average Bonchev–Trinajstić information content (AvgIpc) is 2.39. The largest absolute Gasteiger partial charge is 0.457 e. The number of halogens is 3. The average molecular weight is 276 g/mol. The Labute approximate surface area is 115 Å². The Hall–Kier alpha value is -2.41. The fourth-order valence-corrected chi connectivity index (χ4v) is 1.71. The molecular weight excluding hydrogens is 265 g/mol. The Morgan fingerprint density at radius 1 is 1.00 bits per heavy atom. The molecule has 0 spiro atoms. The van der Waals surface area contributed by atoms with Gasteiger partial charge in [0.05, 0.1) is 5.56 Å². The summed E-state index contributed by atoms with van der Waals surface area (Å²) in [6.07, 6.45) is 1.28. The zero-order chi connectivity index (χ0) is 14.6. The third-order valence-electron chi connectivity index (χ3n) is 2.60. The number of benzene rings is 2. The van der Waals surface area contributed by atoms with Gasteiger partial charge in [0.1, 0.15) is 11.5 Å². The van der Waals surface area contributed by atoms with Crippen LogP contribution in [0.4, 0.5) is 13.2 Å². The molecule has 0 aliphatic heterocycles. The molecule has 0 fully saturated rings. The predicted molar refractivity (Wildman–Crippen MR) is 70.5 cm³/mol. The molecule has 2 aromatic rings. The van der Waals surface area contributed by atoms with Crippen LogP contribution in [0.3, 0.4) is 0 Å². The van der Waals surface area contributed by atoms with E-state index in [0.717, 1.165) is 17.7 Å². The molecule has 0 bridgehead atoms. The third-order valence-corrected chi connectivity index (χ3v) is 2.60. The van der Waals surface area contributed by atoms with Crippen LogP contribution in [0.5, 0.6) is 11.5 Å². The summed E-state index contributed by atoms with van der Waals surface area (Å²) in [6.45, 7) is 0. The topological polar surface area (TPSA) is 9.23 Å². The van der Waals surface area contributed by atoms with Crippen LogP contribution in [0.1, 0.15) is 11.1 Å². The van der Waals surface area contributed by atoms with E-state index in [4.69, 9.17) is 11.2 Å². The first kappa shape index (κ1) is 14.0. The molecule has 0 amide bonds. The minimum Gasteiger partial charge on any atom is -0.457 e. The minimum absolute atomic E-state index is 0.137. The van der Waals surface area contributed by atoms with Crippen LogP contribution in [-0.4, -0.2) is 0 Å². The quantitative estimate of drug-likeness (QED) is 0.740. The lowest BCUT2D eigenvalue weighted by molar-refractivity contribution is -0.137. The van der Waals surface area contributed by atoms with Crippen molar-refractivity contribution >= 4 is 0 Å². The highest BCUT2D eigenvalue weighted by molar-refractivity contribution is 5.37. The van der Waals surface area contributed by atoms with Crippen molar-refractivity contribution in [1.29, 1.82) is 0 Å². The lowest BCUT2D eigenvalue weighted by atomic mass is 10.1. The first-order chi connectivity index (χ1) is 9.49. The second kappa shape index (κ2) is 5.70. The number of hydrogen-bond acceptors (Lipinski definition) is 1. The number of alkyl halides is 3. The molecule has 0 aromatic heterocycles. The lowest BCUT2D eigenvalue weighted by Crippen LogP contribution is -2.04. The molecule has 0 aliphatic carbocycles. The zero-order valence-electron chi connectivity index (χ0n) is 10.4. The van der Waals surface area contributed by atoms with E-state index in [1.807, 2.05) is 6.07 Å². The Balaban J connectivity index is 2.22. The van der Waals surface area contributed by atoms with Gasteiger partial charge in [-0.15, -0.1) is 12.3 Å². The summed E-state index contributed by atoms with van der Waals surface area (Å²) in [4.78, 5) is 0. The van der Waals surface area contributed by atoms with E-state index in [-0.39, 0.29) is 5.75 Å². The van der Waals surface area contributed by atoms with E-state index in [1.54, 1.807) is 18.2 Å². The summed E-state index contributed by atoms with van der Waals surface area (Å²) >= 11 is 0. The molecule has 0 saturated heterocycles. The SMILES string of the molecule is C#CCc1cccc(Oc2cccc(C(F)(F)F)c2)c1. The maximum Gasteiger partial charge on any atom is 0.416 e. The normalized spacial score (nSPS) is 10.9. The van der Waals surface area contributed by atoms with Gasteiger partial charge in [0.2, 0.25) is 0 Å². The summed E-state index contributed by atoms with van der Waals surface area (Å²) in [5, 5.41) is 0. The van der Waals surface area contributed by atoms with Gasteiger partial charge in [0.25, 0.3) is 0 Å². The highest BCUT2D eigenvalue weighted by Gasteiger charge is 2.30. The molecule has 0 saturated carbocycles. The fraction of sp³-hybridized carbons (Fsp3) is 0.125. The van der Waals surface area contributed by atoms with Crippen LogP contribution in [0.15, 0.2) is 48.5 Å². The van der Waals surface area contributed by atoms with Gasteiger partial charge in [-0.2, -0.15) is 13.2 Å². The molecule has 0 N–H and O–H groups in total. The van der Waals surface area contributed by atoms with E-state index in [2.05, 4.69) is 5.92 Å². The van der Waals surface area contributed by atoms with Gasteiger partial charge in [-0.25, -0.2) is 0 Å². The predicted octanol–water partition coefficient (Wildman–Crippen LogP) is 4.67. The Morgan fingerprint density at radius 2 is 1.65 bits per heavy atom. The van der Waals surface area contributed by atoms with E-state index in [0.29, 0.717) is 12.2 Å².